The maximum atomic E-state index is 13.3. The predicted octanol–water partition coefficient (Wildman–Crippen LogP) is 4.28. The minimum Gasteiger partial charge on any atom is -0.309 e. The summed E-state index contributed by atoms with van der Waals surface area (Å²) in [6, 6.07) is 12.2. The molecule has 0 aliphatic rings. The van der Waals surface area contributed by atoms with Crippen LogP contribution in [0.5, 0.6) is 0 Å². The predicted molar refractivity (Wildman–Crippen MR) is 131 cm³/mol. The number of hydrogen-bond donors (Lipinski definition) is 0. The fourth-order valence-electron chi connectivity index (χ4n) is 3.22. The third-order valence-electron chi connectivity index (χ3n) is 4.86. The number of aromatic nitrogens is 1. The quantitative estimate of drug-likeness (QED) is 0.480. The van der Waals surface area contributed by atoms with E-state index in [0.29, 0.717) is 17.2 Å². The lowest BCUT2D eigenvalue weighted by molar-refractivity contribution is 0.0986. The molecule has 0 saturated carbocycles. The van der Waals surface area contributed by atoms with Crippen molar-refractivity contribution >= 4 is 54.8 Å². The van der Waals surface area contributed by atoms with Gasteiger partial charge in [0, 0.05) is 18.4 Å². The first kappa shape index (κ1) is 25.3. The van der Waals surface area contributed by atoms with Gasteiger partial charge in [-0.15, -0.1) is 12.4 Å². The Bertz CT molecular complexity index is 1140. The first-order valence-electron chi connectivity index (χ1n) is 9.86. The van der Waals surface area contributed by atoms with Gasteiger partial charge in [0.05, 0.1) is 15.1 Å². The number of carbonyl (C=O) groups excluding carboxylic acids is 1. The molecule has 0 fully saturated rings. The summed E-state index contributed by atoms with van der Waals surface area (Å²) in [5.41, 5.74) is 2.55. The Morgan fingerprint density at radius 3 is 2.32 bits per heavy atom. The molecule has 0 bridgehead atoms. The standard InChI is InChI=1S/C22H27N3O3S2.ClH/c1-5-16-8-6-9-19-20(16)23-22(29-19)25(15-7-14-24(2)3)21(26)17-10-12-18(13-11-17)30(4,27)28;/h6,8-13H,5,7,14-15H2,1-4H3;1H. The number of anilines is 1. The van der Waals surface area contributed by atoms with Crippen LogP contribution in [0.1, 0.15) is 29.3 Å². The van der Waals surface area contributed by atoms with Gasteiger partial charge in [-0.2, -0.15) is 0 Å². The van der Waals surface area contributed by atoms with E-state index < -0.39 is 9.84 Å². The molecule has 0 spiro atoms. The van der Waals surface area contributed by atoms with Crippen molar-refractivity contribution in [2.45, 2.75) is 24.7 Å². The summed E-state index contributed by atoms with van der Waals surface area (Å²) in [5.74, 6) is -0.175. The zero-order valence-electron chi connectivity index (χ0n) is 18.2. The number of hydrogen-bond acceptors (Lipinski definition) is 6. The highest BCUT2D eigenvalue weighted by molar-refractivity contribution is 7.90. The average molecular weight is 482 g/mol. The molecule has 1 aromatic heterocycles. The number of benzene rings is 2. The number of carbonyl (C=O) groups is 1. The molecule has 9 heteroatoms. The Morgan fingerprint density at radius 2 is 1.74 bits per heavy atom. The summed E-state index contributed by atoms with van der Waals surface area (Å²) in [7, 11) is 0.695. The van der Waals surface area contributed by atoms with Crippen molar-refractivity contribution in [2.24, 2.45) is 0 Å². The van der Waals surface area contributed by atoms with Crippen LogP contribution in [-0.4, -0.2) is 57.6 Å². The van der Waals surface area contributed by atoms with Gasteiger partial charge in [0.1, 0.15) is 0 Å². The van der Waals surface area contributed by atoms with E-state index in [2.05, 4.69) is 17.9 Å². The summed E-state index contributed by atoms with van der Waals surface area (Å²) >= 11 is 1.51. The van der Waals surface area contributed by atoms with Crippen LogP contribution in [0.2, 0.25) is 0 Å². The SMILES string of the molecule is CCc1cccc2sc(N(CCCN(C)C)C(=O)c3ccc(S(C)(=O)=O)cc3)nc12.Cl. The first-order valence-corrected chi connectivity index (χ1v) is 12.6. The first-order chi connectivity index (χ1) is 14.2. The molecular weight excluding hydrogens is 454 g/mol. The highest BCUT2D eigenvalue weighted by Crippen LogP contribution is 2.32. The van der Waals surface area contributed by atoms with Crippen molar-refractivity contribution in [1.82, 2.24) is 9.88 Å². The summed E-state index contributed by atoms with van der Waals surface area (Å²) in [6.07, 6.45) is 2.84. The molecule has 1 heterocycles. The Morgan fingerprint density at radius 1 is 1.06 bits per heavy atom. The zero-order chi connectivity index (χ0) is 21.9. The van der Waals surface area contributed by atoms with E-state index in [-0.39, 0.29) is 23.2 Å². The molecule has 0 aliphatic heterocycles. The molecule has 0 N–H and O–H groups in total. The van der Waals surface area contributed by atoms with Crippen LogP contribution in [0.25, 0.3) is 10.2 Å². The zero-order valence-corrected chi connectivity index (χ0v) is 20.6. The van der Waals surface area contributed by atoms with Gasteiger partial charge in [-0.1, -0.05) is 30.4 Å². The summed E-state index contributed by atoms with van der Waals surface area (Å²) in [5, 5.41) is 0.668. The van der Waals surface area contributed by atoms with E-state index in [1.807, 2.05) is 26.2 Å². The molecule has 1 amide bonds. The van der Waals surface area contributed by atoms with Crippen molar-refractivity contribution in [3.8, 4) is 0 Å². The molecule has 3 aromatic rings. The van der Waals surface area contributed by atoms with Crippen LogP contribution in [-0.2, 0) is 16.3 Å². The molecular formula is C22H28ClN3O3S2. The van der Waals surface area contributed by atoms with E-state index in [0.717, 1.165) is 41.4 Å². The molecule has 0 atom stereocenters. The molecule has 0 unspecified atom stereocenters. The number of aryl methyl sites for hydroxylation is 1. The Hall–Kier alpha value is -2.00. The van der Waals surface area contributed by atoms with Crippen LogP contribution >= 0.6 is 23.7 Å². The smallest absolute Gasteiger partial charge is 0.260 e. The van der Waals surface area contributed by atoms with Gasteiger partial charge in [-0.05, 0) is 69.4 Å². The second-order valence-corrected chi connectivity index (χ2v) is 10.5. The monoisotopic (exact) mass is 481 g/mol. The summed E-state index contributed by atoms with van der Waals surface area (Å²) < 4.78 is 24.5. The lowest BCUT2D eigenvalue weighted by Gasteiger charge is -2.21. The average Bonchev–Trinajstić information content (AvgIpc) is 3.14. The minimum atomic E-state index is -3.31. The summed E-state index contributed by atoms with van der Waals surface area (Å²) in [4.78, 5) is 22.1. The van der Waals surface area contributed by atoms with E-state index >= 15 is 0 Å². The van der Waals surface area contributed by atoms with Crippen LogP contribution in [0, 0.1) is 0 Å². The van der Waals surface area contributed by atoms with E-state index in [1.165, 1.54) is 23.5 Å². The largest absolute Gasteiger partial charge is 0.309 e. The van der Waals surface area contributed by atoms with Crippen molar-refractivity contribution < 1.29 is 13.2 Å². The Labute approximate surface area is 194 Å². The van der Waals surface area contributed by atoms with Gasteiger partial charge in [-0.3, -0.25) is 9.69 Å². The van der Waals surface area contributed by atoms with E-state index in [1.54, 1.807) is 17.0 Å². The van der Waals surface area contributed by atoms with E-state index in [4.69, 9.17) is 4.98 Å². The Kier molecular flexibility index (Phi) is 8.59. The number of sulfone groups is 1. The maximum Gasteiger partial charge on any atom is 0.260 e. The number of nitrogens with zero attached hydrogens (tertiary/aromatic N) is 3. The van der Waals surface area contributed by atoms with Crippen molar-refractivity contribution in [2.75, 3.05) is 38.3 Å². The number of fused-ring (bicyclic) bond motifs is 1. The van der Waals surface area contributed by atoms with Gasteiger partial charge in [0.2, 0.25) is 0 Å². The third kappa shape index (κ3) is 6.04. The van der Waals surface area contributed by atoms with Crippen LogP contribution in [0.4, 0.5) is 5.13 Å². The molecule has 168 valence electrons. The number of rotatable bonds is 8. The lowest BCUT2D eigenvalue weighted by atomic mass is 10.1. The van der Waals surface area contributed by atoms with Crippen molar-refractivity contribution in [3.63, 3.8) is 0 Å². The van der Waals surface area contributed by atoms with Gasteiger partial charge >= 0.3 is 0 Å². The van der Waals surface area contributed by atoms with E-state index in [9.17, 15) is 13.2 Å². The Balaban J connectivity index is 0.00000341. The number of halogens is 1. The van der Waals surface area contributed by atoms with Gasteiger partial charge < -0.3 is 4.90 Å². The number of thiazole rings is 1. The lowest BCUT2D eigenvalue weighted by Crippen LogP contribution is -2.33. The fourth-order valence-corrected chi connectivity index (χ4v) is 4.89. The molecule has 3 rings (SSSR count). The highest BCUT2D eigenvalue weighted by Gasteiger charge is 2.22. The molecule has 2 aromatic carbocycles. The van der Waals surface area contributed by atoms with Crippen LogP contribution < -0.4 is 4.90 Å². The van der Waals surface area contributed by atoms with Gasteiger partial charge in [-0.25, -0.2) is 13.4 Å². The molecule has 0 radical (unpaired) electrons. The second kappa shape index (κ2) is 10.5. The van der Waals surface area contributed by atoms with Crippen molar-refractivity contribution in [3.05, 3.63) is 53.6 Å². The third-order valence-corrected chi connectivity index (χ3v) is 7.04. The molecule has 0 aliphatic carbocycles. The van der Waals surface area contributed by atoms with Crippen LogP contribution in [0.15, 0.2) is 47.4 Å². The van der Waals surface area contributed by atoms with Gasteiger partial charge in [0.25, 0.3) is 5.91 Å². The topological polar surface area (TPSA) is 70.6 Å². The highest BCUT2D eigenvalue weighted by atomic mass is 35.5. The van der Waals surface area contributed by atoms with Gasteiger partial charge in [0.15, 0.2) is 15.0 Å². The second-order valence-electron chi connectivity index (χ2n) is 7.52. The van der Waals surface area contributed by atoms with Crippen LogP contribution in [0.3, 0.4) is 0 Å². The maximum absolute atomic E-state index is 13.3. The minimum absolute atomic E-state index is 0. The molecule has 6 nitrogen and oxygen atoms in total. The molecule has 31 heavy (non-hydrogen) atoms. The number of amides is 1. The summed E-state index contributed by atoms with van der Waals surface area (Å²) in [6.45, 7) is 3.48. The number of para-hydroxylation sites is 1. The normalized spacial score (nSPS) is 11.5. The molecule has 0 saturated heterocycles. The van der Waals surface area contributed by atoms with Crippen molar-refractivity contribution in [1.29, 1.82) is 0 Å². The fraction of sp³-hybridized carbons (Fsp3) is 0.364.